The number of rotatable bonds is 6. The van der Waals surface area contributed by atoms with E-state index in [4.69, 9.17) is 11.1 Å². The summed E-state index contributed by atoms with van der Waals surface area (Å²) in [6.45, 7) is 3.05. The Morgan fingerprint density at radius 1 is 1.47 bits per heavy atom. The maximum atomic E-state index is 7.56. The number of hydrogen-bond acceptors (Lipinski definition) is 3. The van der Waals surface area contributed by atoms with Crippen LogP contribution in [0.15, 0.2) is 24.3 Å². The van der Waals surface area contributed by atoms with E-state index in [1.807, 2.05) is 36.0 Å². The van der Waals surface area contributed by atoms with Crippen LogP contribution in [0.3, 0.4) is 0 Å². The van der Waals surface area contributed by atoms with Crippen LogP contribution in [0.4, 0.5) is 0 Å². The first-order valence-corrected chi connectivity index (χ1v) is 7.07. The molecule has 3 nitrogen and oxygen atoms in total. The van der Waals surface area contributed by atoms with Crippen LogP contribution in [-0.4, -0.2) is 35.8 Å². The Morgan fingerprint density at radius 2 is 2.12 bits per heavy atom. The highest BCUT2D eigenvalue weighted by Gasteiger charge is 2.11. The van der Waals surface area contributed by atoms with Crippen LogP contribution in [0.1, 0.15) is 18.1 Å². The highest BCUT2D eigenvalue weighted by molar-refractivity contribution is 7.98. The fraction of sp³-hybridized carbons (Fsp3) is 0.462. The summed E-state index contributed by atoms with van der Waals surface area (Å²) in [5, 5.41) is 7.56. The first-order valence-electron chi connectivity index (χ1n) is 5.67. The molecule has 1 aromatic rings. The quantitative estimate of drug-likeness (QED) is 0.602. The molecule has 0 aliphatic carbocycles. The monoisotopic (exact) mass is 251 g/mol. The average Bonchev–Trinajstić information content (AvgIpc) is 2.29. The molecule has 0 aromatic heterocycles. The summed E-state index contributed by atoms with van der Waals surface area (Å²) in [6, 6.07) is 8.38. The number of nitrogen functional groups attached to an aromatic ring is 1. The van der Waals surface area contributed by atoms with Gasteiger partial charge < -0.3 is 5.73 Å². The Labute approximate surface area is 108 Å². The molecule has 1 aromatic carbocycles. The van der Waals surface area contributed by atoms with Crippen molar-refractivity contribution >= 4 is 17.6 Å². The van der Waals surface area contributed by atoms with E-state index in [0.717, 1.165) is 23.4 Å². The minimum Gasteiger partial charge on any atom is -0.384 e. The molecule has 0 saturated heterocycles. The summed E-state index contributed by atoms with van der Waals surface area (Å²) >= 11 is 1.85. The normalized spacial score (nSPS) is 12.7. The molecule has 1 atom stereocenters. The van der Waals surface area contributed by atoms with Gasteiger partial charge in [-0.05, 0) is 25.8 Å². The van der Waals surface area contributed by atoms with Gasteiger partial charge >= 0.3 is 0 Å². The van der Waals surface area contributed by atoms with Crippen LogP contribution in [-0.2, 0) is 6.54 Å². The van der Waals surface area contributed by atoms with Crippen LogP contribution >= 0.6 is 11.8 Å². The van der Waals surface area contributed by atoms with Crippen molar-refractivity contribution in [3.63, 3.8) is 0 Å². The van der Waals surface area contributed by atoms with Crippen molar-refractivity contribution in [2.45, 2.75) is 19.5 Å². The smallest absolute Gasteiger partial charge is 0.123 e. The molecule has 94 valence electrons. The fourth-order valence-electron chi connectivity index (χ4n) is 1.71. The second-order valence-corrected chi connectivity index (χ2v) is 5.20. The van der Waals surface area contributed by atoms with E-state index < -0.39 is 0 Å². The lowest BCUT2D eigenvalue weighted by molar-refractivity contribution is 0.269. The molecule has 0 aliphatic heterocycles. The van der Waals surface area contributed by atoms with Crippen molar-refractivity contribution in [1.29, 1.82) is 5.41 Å². The Balaban J connectivity index is 2.77. The third-order valence-corrected chi connectivity index (χ3v) is 3.70. The molecule has 0 aliphatic rings. The van der Waals surface area contributed by atoms with E-state index in [0.29, 0.717) is 6.04 Å². The summed E-state index contributed by atoms with van der Waals surface area (Å²) < 4.78 is 0. The maximum absolute atomic E-state index is 7.56. The molecule has 0 heterocycles. The van der Waals surface area contributed by atoms with Crippen LogP contribution in [0.2, 0.25) is 0 Å². The van der Waals surface area contributed by atoms with E-state index in [1.165, 1.54) is 0 Å². The Kier molecular flexibility index (Phi) is 5.51. The average molecular weight is 251 g/mol. The standard InChI is InChI=1S/C13H21N3S/c1-10(9-17-3)16(2)8-11-6-4-5-7-12(11)13(14)15/h4-7,10H,8-9H2,1-3H3,(H3,14,15). The van der Waals surface area contributed by atoms with Gasteiger partial charge in [-0.25, -0.2) is 0 Å². The second kappa shape index (κ2) is 6.67. The van der Waals surface area contributed by atoms with Crippen LogP contribution < -0.4 is 5.73 Å². The molecule has 1 unspecified atom stereocenters. The van der Waals surface area contributed by atoms with Gasteiger partial charge in [0, 0.05) is 23.9 Å². The lowest BCUT2D eigenvalue weighted by Gasteiger charge is -2.25. The highest BCUT2D eigenvalue weighted by atomic mass is 32.2. The number of amidine groups is 1. The van der Waals surface area contributed by atoms with Crippen LogP contribution in [0.5, 0.6) is 0 Å². The van der Waals surface area contributed by atoms with Gasteiger partial charge in [0.05, 0.1) is 0 Å². The van der Waals surface area contributed by atoms with Crippen molar-refractivity contribution in [3.8, 4) is 0 Å². The van der Waals surface area contributed by atoms with Gasteiger partial charge in [0.2, 0.25) is 0 Å². The van der Waals surface area contributed by atoms with Crippen molar-refractivity contribution in [1.82, 2.24) is 4.90 Å². The van der Waals surface area contributed by atoms with E-state index in [2.05, 4.69) is 25.1 Å². The summed E-state index contributed by atoms with van der Waals surface area (Å²) in [5.41, 5.74) is 7.55. The molecule has 0 bridgehead atoms. The zero-order valence-corrected chi connectivity index (χ0v) is 11.6. The first kappa shape index (κ1) is 14.1. The maximum Gasteiger partial charge on any atom is 0.123 e. The molecular weight excluding hydrogens is 230 g/mol. The predicted octanol–water partition coefficient (Wildman–Crippen LogP) is 2.15. The molecular formula is C13H21N3S. The lowest BCUT2D eigenvalue weighted by atomic mass is 10.1. The van der Waals surface area contributed by atoms with Gasteiger partial charge in [0.15, 0.2) is 0 Å². The fourth-order valence-corrected chi connectivity index (χ4v) is 2.45. The molecule has 0 fully saturated rings. The lowest BCUT2D eigenvalue weighted by Crippen LogP contribution is -2.31. The van der Waals surface area contributed by atoms with Gasteiger partial charge in [-0.1, -0.05) is 24.3 Å². The third kappa shape index (κ3) is 4.06. The van der Waals surface area contributed by atoms with Gasteiger partial charge in [-0.2, -0.15) is 11.8 Å². The number of hydrogen-bond donors (Lipinski definition) is 2. The number of nitrogens with one attached hydrogen (secondary N) is 1. The number of benzene rings is 1. The van der Waals surface area contributed by atoms with Crippen molar-refractivity contribution in [2.24, 2.45) is 5.73 Å². The van der Waals surface area contributed by atoms with E-state index in [-0.39, 0.29) is 5.84 Å². The summed E-state index contributed by atoms with van der Waals surface area (Å²) in [6.07, 6.45) is 2.12. The van der Waals surface area contributed by atoms with Crippen molar-refractivity contribution in [3.05, 3.63) is 35.4 Å². The van der Waals surface area contributed by atoms with Crippen LogP contribution in [0, 0.1) is 5.41 Å². The predicted molar refractivity (Wildman–Crippen MR) is 76.8 cm³/mol. The number of thioether (sulfide) groups is 1. The molecule has 3 N–H and O–H groups in total. The molecule has 0 radical (unpaired) electrons. The third-order valence-electron chi connectivity index (χ3n) is 2.89. The van der Waals surface area contributed by atoms with Gasteiger partial charge in [-0.15, -0.1) is 0 Å². The second-order valence-electron chi connectivity index (χ2n) is 4.29. The molecule has 0 amide bonds. The molecule has 0 spiro atoms. The van der Waals surface area contributed by atoms with Crippen LogP contribution in [0.25, 0.3) is 0 Å². The van der Waals surface area contributed by atoms with E-state index in [9.17, 15) is 0 Å². The summed E-state index contributed by atoms with van der Waals surface area (Å²) in [4.78, 5) is 2.29. The number of nitrogens with two attached hydrogens (primary N) is 1. The minimum atomic E-state index is 0.145. The zero-order valence-electron chi connectivity index (χ0n) is 10.7. The van der Waals surface area contributed by atoms with E-state index >= 15 is 0 Å². The molecule has 0 saturated carbocycles. The number of nitrogens with zero attached hydrogens (tertiary/aromatic N) is 1. The molecule has 17 heavy (non-hydrogen) atoms. The molecule has 4 heteroatoms. The minimum absolute atomic E-state index is 0.145. The Morgan fingerprint density at radius 3 is 2.71 bits per heavy atom. The van der Waals surface area contributed by atoms with Gasteiger partial charge in [-0.3, -0.25) is 10.3 Å². The first-order chi connectivity index (χ1) is 8.06. The van der Waals surface area contributed by atoms with Crippen molar-refractivity contribution < 1.29 is 0 Å². The van der Waals surface area contributed by atoms with Gasteiger partial charge in [0.25, 0.3) is 0 Å². The Bertz CT molecular complexity index is 379. The topological polar surface area (TPSA) is 53.1 Å². The SMILES string of the molecule is CSCC(C)N(C)Cc1ccccc1C(=N)N. The summed E-state index contributed by atoms with van der Waals surface area (Å²) in [5.74, 6) is 1.25. The largest absolute Gasteiger partial charge is 0.384 e. The van der Waals surface area contributed by atoms with Crippen molar-refractivity contribution in [2.75, 3.05) is 19.1 Å². The molecule has 1 rings (SSSR count). The van der Waals surface area contributed by atoms with Gasteiger partial charge in [0.1, 0.15) is 5.84 Å². The van der Waals surface area contributed by atoms with E-state index in [1.54, 1.807) is 0 Å². The Hall–Kier alpha value is -1.00. The highest BCUT2D eigenvalue weighted by Crippen LogP contribution is 2.13. The zero-order chi connectivity index (χ0) is 12.8. The summed E-state index contributed by atoms with van der Waals surface area (Å²) in [7, 11) is 2.11.